The highest BCUT2D eigenvalue weighted by atomic mass is 32.2. The second-order valence-electron chi connectivity index (χ2n) is 6.41. The molecule has 1 aromatic carbocycles. The summed E-state index contributed by atoms with van der Waals surface area (Å²) in [5.74, 6) is 1.07. The van der Waals surface area contributed by atoms with E-state index in [0.29, 0.717) is 44.5 Å². The van der Waals surface area contributed by atoms with Crippen LogP contribution < -0.4 is 0 Å². The maximum Gasteiger partial charge on any atom is 0.257 e. The van der Waals surface area contributed by atoms with Crippen molar-refractivity contribution in [3.8, 4) is 10.8 Å². The van der Waals surface area contributed by atoms with E-state index < -0.39 is 10.0 Å². The van der Waals surface area contributed by atoms with Gasteiger partial charge in [0.15, 0.2) is 0 Å². The molecule has 1 aliphatic heterocycles. The molecule has 9 heteroatoms. The van der Waals surface area contributed by atoms with Gasteiger partial charge in [0.1, 0.15) is 0 Å². The third kappa shape index (κ3) is 4.56. The summed E-state index contributed by atoms with van der Waals surface area (Å²) in [6.07, 6.45) is 1.63. The standard InChI is InChI=1S/C19H20N4O3S2/c24-28(25,14-8-16-5-2-1-3-6-16)23-11-9-22(10-12-23)15-18-20-21-19(26-18)17-7-4-13-27-17/h1-8,13-14H,9-12,15H2/b14-8+. The van der Waals surface area contributed by atoms with Crippen LogP contribution in [0.3, 0.4) is 0 Å². The first-order valence-corrected chi connectivity index (χ1v) is 11.3. The third-order valence-corrected chi connectivity index (χ3v) is 6.90. The van der Waals surface area contributed by atoms with Crippen molar-refractivity contribution in [2.75, 3.05) is 26.2 Å². The van der Waals surface area contributed by atoms with Gasteiger partial charge in [-0.15, -0.1) is 21.5 Å². The predicted octanol–water partition coefficient (Wildman–Crippen LogP) is 2.92. The minimum Gasteiger partial charge on any atom is -0.419 e. The number of hydrogen-bond acceptors (Lipinski definition) is 7. The first-order valence-electron chi connectivity index (χ1n) is 8.92. The average Bonchev–Trinajstić information content (AvgIpc) is 3.40. The van der Waals surface area contributed by atoms with E-state index in [-0.39, 0.29) is 0 Å². The van der Waals surface area contributed by atoms with Crippen LogP contribution in [0, 0.1) is 0 Å². The van der Waals surface area contributed by atoms with E-state index in [1.165, 1.54) is 9.71 Å². The molecule has 0 amide bonds. The van der Waals surface area contributed by atoms with Gasteiger partial charge >= 0.3 is 0 Å². The zero-order valence-electron chi connectivity index (χ0n) is 15.1. The number of piperazine rings is 1. The number of hydrogen-bond donors (Lipinski definition) is 0. The molecule has 1 fully saturated rings. The average molecular weight is 417 g/mol. The molecule has 1 saturated heterocycles. The van der Waals surface area contributed by atoms with Gasteiger partial charge in [-0.1, -0.05) is 36.4 Å². The third-order valence-electron chi connectivity index (χ3n) is 4.48. The second-order valence-corrected chi connectivity index (χ2v) is 9.18. The first-order chi connectivity index (χ1) is 13.6. The molecule has 0 bridgehead atoms. The lowest BCUT2D eigenvalue weighted by atomic mass is 10.2. The van der Waals surface area contributed by atoms with Gasteiger partial charge < -0.3 is 4.42 Å². The number of nitrogens with zero attached hydrogens (tertiary/aromatic N) is 4. The summed E-state index contributed by atoms with van der Waals surface area (Å²) in [6, 6.07) is 13.3. The number of rotatable bonds is 6. The summed E-state index contributed by atoms with van der Waals surface area (Å²) in [6.45, 7) is 2.64. The summed E-state index contributed by atoms with van der Waals surface area (Å²) in [7, 11) is -3.43. The maximum absolute atomic E-state index is 12.5. The Morgan fingerprint density at radius 2 is 1.82 bits per heavy atom. The van der Waals surface area contributed by atoms with Crippen LogP contribution >= 0.6 is 11.3 Å². The van der Waals surface area contributed by atoms with Crippen molar-refractivity contribution >= 4 is 27.4 Å². The summed E-state index contributed by atoms with van der Waals surface area (Å²) in [5, 5.41) is 11.4. The summed E-state index contributed by atoms with van der Waals surface area (Å²) >= 11 is 1.55. The van der Waals surface area contributed by atoms with E-state index in [4.69, 9.17) is 4.42 Å². The summed E-state index contributed by atoms with van der Waals surface area (Å²) in [4.78, 5) is 3.07. The Hall–Kier alpha value is -2.33. The second kappa shape index (κ2) is 8.36. The van der Waals surface area contributed by atoms with Gasteiger partial charge in [-0.3, -0.25) is 4.90 Å². The highest BCUT2D eigenvalue weighted by molar-refractivity contribution is 7.92. The van der Waals surface area contributed by atoms with Gasteiger partial charge in [0.2, 0.25) is 15.9 Å². The highest BCUT2D eigenvalue weighted by Gasteiger charge is 2.26. The minimum atomic E-state index is -3.43. The van der Waals surface area contributed by atoms with Gasteiger partial charge in [-0.05, 0) is 23.1 Å². The van der Waals surface area contributed by atoms with Crippen molar-refractivity contribution in [2.24, 2.45) is 0 Å². The minimum absolute atomic E-state index is 0.438. The molecule has 146 valence electrons. The molecule has 0 N–H and O–H groups in total. The zero-order valence-corrected chi connectivity index (χ0v) is 16.8. The monoisotopic (exact) mass is 416 g/mol. The Morgan fingerprint density at radius 1 is 1.04 bits per heavy atom. The molecule has 4 rings (SSSR count). The molecule has 0 unspecified atom stereocenters. The molecule has 0 saturated carbocycles. The van der Waals surface area contributed by atoms with Crippen LogP contribution in [0.5, 0.6) is 0 Å². The van der Waals surface area contributed by atoms with Crippen molar-refractivity contribution in [1.29, 1.82) is 0 Å². The number of thiophene rings is 1. The predicted molar refractivity (Wildman–Crippen MR) is 109 cm³/mol. The topological polar surface area (TPSA) is 79.5 Å². The number of aromatic nitrogens is 2. The van der Waals surface area contributed by atoms with E-state index >= 15 is 0 Å². The maximum atomic E-state index is 12.5. The fourth-order valence-electron chi connectivity index (χ4n) is 2.97. The fraction of sp³-hybridized carbons (Fsp3) is 0.263. The van der Waals surface area contributed by atoms with Crippen LogP contribution in [0.1, 0.15) is 11.5 Å². The largest absolute Gasteiger partial charge is 0.419 e. The van der Waals surface area contributed by atoms with Crippen molar-refractivity contribution in [3.63, 3.8) is 0 Å². The van der Waals surface area contributed by atoms with Crippen molar-refractivity contribution in [3.05, 3.63) is 64.7 Å². The van der Waals surface area contributed by atoms with Crippen LogP contribution in [0.25, 0.3) is 16.8 Å². The van der Waals surface area contributed by atoms with Crippen molar-refractivity contribution in [2.45, 2.75) is 6.54 Å². The van der Waals surface area contributed by atoms with Gasteiger partial charge in [-0.2, -0.15) is 4.31 Å². The molecule has 7 nitrogen and oxygen atoms in total. The molecular weight excluding hydrogens is 396 g/mol. The van der Waals surface area contributed by atoms with E-state index in [0.717, 1.165) is 10.4 Å². The molecule has 0 spiro atoms. The van der Waals surface area contributed by atoms with E-state index in [1.54, 1.807) is 17.4 Å². The van der Waals surface area contributed by atoms with Crippen LogP contribution in [-0.2, 0) is 16.6 Å². The van der Waals surface area contributed by atoms with Crippen LogP contribution in [-0.4, -0.2) is 54.0 Å². The highest BCUT2D eigenvalue weighted by Crippen LogP contribution is 2.23. The molecule has 0 radical (unpaired) electrons. The van der Waals surface area contributed by atoms with E-state index in [9.17, 15) is 8.42 Å². The molecule has 3 heterocycles. The molecule has 3 aromatic rings. The lowest BCUT2D eigenvalue weighted by molar-refractivity contribution is 0.169. The number of benzene rings is 1. The smallest absolute Gasteiger partial charge is 0.257 e. The number of sulfonamides is 1. The van der Waals surface area contributed by atoms with Crippen LogP contribution in [0.15, 0.2) is 57.7 Å². The summed E-state index contributed by atoms with van der Waals surface area (Å²) in [5.41, 5.74) is 0.864. The van der Waals surface area contributed by atoms with Crippen LogP contribution in [0.4, 0.5) is 0 Å². The Labute approximate surface area is 168 Å². The molecule has 2 aromatic heterocycles. The molecule has 28 heavy (non-hydrogen) atoms. The zero-order chi connectivity index (χ0) is 19.4. The SMILES string of the molecule is O=S(=O)(/C=C/c1ccccc1)N1CCN(Cc2nnc(-c3cccs3)o2)CC1. The quantitative estimate of drug-likeness (QED) is 0.615. The van der Waals surface area contributed by atoms with E-state index in [1.807, 2.05) is 47.8 Å². The van der Waals surface area contributed by atoms with Gasteiger partial charge in [-0.25, -0.2) is 8.42 Å². The van der Waals surface area contributed by atoms with Crippen molar-refractivity contribution < 1.29 is 12.8 Å². The molecule has 1 aliphatic rings. The Kier molecular flexibility index (Phi) is 5.67. The van der Waals surface area contributed by atoms with Crippen LogP contribution in [0.2, 0.25) is 0 Å². The first kappa shape index (κ1) is 19.0. The lowest BCUT2D eigenvalue weighted by Crippen LogP contribution is -2.47. The Balaban J connectivity index is 1.32. The normalized spacial score (nSPS) is 16.7. The molecule has 0 aliphatic carbocycles. The molecular formula is C19H20N4O3S2. The van der Waals surface area contributed by atoms with E-state index in [2.05, 4.69) is 15.1 Å². The lowest BCUT2D eigenvalue weighted by Gasteiger charge is -2.32. The van der Waals surface area contributed by atoms with Gasteiger partial charge in [0.25, 0.3) is 5.89 Å². The van der Waals surface area contributed by atoms with Gasteiger partial charge in [0, 0.05) is 31.6 Å². The van der Waals surface area contributed by atoms with Crippen molar-refractivity contribution in [1.82, 2.24) is 19.4 Å². The molecule has 0 atom stereocenters. The van der Waals surface area contributed by atoms with Gasteiger partial charge in [0.05, 0.1) is 11.4 Å². The fourth-order valence-corrected chi connectivity index (χ4v) is 4.78. The Bertz CT molecular complexity index is 1020. The Morgan fingerprint density at radius 3 is 2.54 bits per heavy atom. The summed E-state index contributed by atoms with van der Waals surface area (Å²) < 4.78 is 32.3.